The van der Waals surface area contributed by atoms with Crippen molar-refractivity contribution in [2.75, 3.05) is 11.4 Å². The Kier molecular flexibility index (Phi) is 3.57. The van der Waals surface area contributed by atoms with Crippen LogP contribution in [0.25, 0.3) is 5.52 Å². The predicted molar refractivity (Wildman–Crippen MR) is 107 cm³/mol. The van der Waals surface area contributed by atoms with Crippen LogP contribution < -0.4 is 4.90 Å². The standard InChI is InChI=1S/C21H23N7O/c1-12(2)14-4-3-8-28-17(14)10-16(26-28)19-18-15(22-11-23-18)7-9-27(19)21-25-24-20(29-21)13-5-6-13/h3-4,8,10-13,19H,5-7,9H2,1-2H3,(H,22,23). The van der Waals surface area contributed by atoms with E-state index in [4.69, 9.17) is 9.52 Å². The fraction of sp³-hybridized carbons (Fsp3) is 0.429. The highest BCUT2D eigenvalue weighted by Crippen LogP contribution is 2.42. The summed E-state index contributed by atoms with van der Waals surface area (Å²) in [6.07, 6.45) is 6.90. The van der Waals surface area contributed by atoms with Crippen molar-refractivity contribution >= 4 is 11.5 Å². The van der Waals surface area contributed by atoms with Gasteiger partial charge in [0.05, 0.1) is 23.2 Å². The fourth-order valence-electron chi connectivity index (χ4n) is 4.30. The molecule has 0 saturated heterocycles. The molecule has 4 aromatic rings. The lowest BCUT2D eigenvalue weighted by atomic mass is 9.99. The van der Waals surface area contributed by atoms with Gasteiger partial charge >= 0.3 is 6.01 Å². The van der Waals surface area contributed by atoms with Crippen LogP contribution in [0.3, 0.4) is 0 Å². The molecule has 2 aliphatic rings. The molecule has 1 aliphatic heterocycles. The lowest BCUT2D eigenvalue weighted by molar-refractivity contribution is 0.463. The molecule has 1 atom stereocenters. The van der Waals surface area contributed by atoms with E-state index in [0.717, 1.165) is 54.3 Å². The first-order valence-corrected chi connectivity index (χ1v) is 10.3. The van der Waals surface area contributed by atoms with Crippen LogP contribution >= 0.6 is 0 Å². The van der Waals surface area contributed by atoms with E-state index >= 15 is 0 Å². The molecule has 0 radical (unpaired) electrons. The third-order valence-electron chi connectivity index (χ3n) is 5.98. The first kappa shape index (κ1) is 16.8. The summed E-state index contributed by atoms with van der Waals surface area (Å²) in [4.78, 5) is 10.1. The van der Waals surface area contributed by atoms with Gasteiger partial charge in [-0.05, 0) is 36.5 Å². The van der Waals surface area contributed by atoms with Crippen molar-refractivity contribution in [2.45, 2.75) is 51.0 Å². The molecular weight excluding hydrogens is 366 g/mol. The number of aromatic amines is 1. The van der Waals surface area contributed by atoms with Gasteiger partial charge in [-0.25, -0.2) is 9.50 Å². The van der Waals surface area contributed by atoms with Gasteiger partial charge in [0.2, 0.25) is 5.89 Å². The zero-order chi connectivity index (χ0) is 19.5. The van der Waals surface area contributed by atoms with Crippen LogP contribution in [0, 0.1) is 0 Å². The van der Waals surface area contributed by atoms with Crippen molar-refractivity contribution in [3.05, 3.63) is 59.3 Å². The molecule has 0 amide bonds. The van der Waals surface area contributed by atoms with E-state index in [2.05, 4.69) is 57.1 Å². The second-order valence-corrected chi connectivity index (χ2v) is 8.33. The van der Waals surface area contributed by atoms with Crippen molar-refractivity contribution < 1.29 is 4.42 Å². The Hall–Kier alpha value is -3.16. The van der Waals surface area contributed by atoms with Gasteiger partial charge in [-0.1, -0.05) is 25.0 Å². The molecule has 1 aliphatic carbocycles. The molecule has 0 aromatic carbocycles. The SMILES string of the molecule is CC(C)c1cccn2nc(C3c4nc[nH]c4CCN3c3nnc(C4CC4)o3)cc12. The molecule has 148 valence electrons. The Morgan fingerprint density at radius 3 is 2.97 bits per heavy atom. The topological polar surface area (TPSA) is 88.1 Å². The second kappa shape index (κ2) is 6.17. The molecule has 1 unspecified atom stereocenters. The molecule has 6 rings (SSSR count). The Balaban J connectivity index is 1.48. The number of nitrogens with one attached hydrogen (secondary N) is 1. The summed E-state index contributed by atoms with van der Waals surface area (Å²) < 4.78 is 8.02. The summed E-state index contributed by atoms with van der Waals surface area (Å²) in [5.41, 5.74) is 5.48. The summed E-state index contributed by atoms with van der Waals surface area (Å²) in [7, 11) is 0. The maximum absolute atomic E-state index is 6.06. The van der Waals surface area contributed by atoms with Crippen molar-refractivity contribution in [2.24, 2.45) is 0 Å². The van der Waals surface area contributed by atoms with E-state index in [1.807, 2.05) is 10.7 Å². The minimum Gasteiger partial charge on any atom is -0.408 e. The summed E-state index contributed by atoms with van der Waals surface area (Å²) in [5.74, 6) is 1.61. The van der Waals surface area contributed by atoms with E-state index in [1.54, 1.807) is 6.33 Å². The molecule has 5 heterocycles. The van der Waals surface area contributed by atoms with Crippen LogP contribution in [0.1, 0.15) is 73.1 Å². The van der Waals surface area contributed by atoms with Gasteiger partial charge in [0, 0.05) is 30.8 Å². The zero-order valence-corrected chi connectivity index (χ0v) is 16.5. The molecule has 1 saturated carbocycles. The first-order chi connectivity index (χ1) is 14.2. The number of aromatic nitrogens is 6. The van der Waals surface area contributed by atoms with Crippen LogP contribution in [-0.2, 0) is 6.42 Å². The normalized spacial score (nSPS) is 19.3. The Labute approximate surface area is 168 Å². The number of hydrogen-bond donors (Lipinski definition) is 1. The monoisotopic (exact) mass is 389 g/mol. The predicted octanol–water partition coefficient (Wildman–Crippen LogP) is 3.59. The lowest BCUT2D eigenvalue weighted by Crippen LogP contribution is -2.36. The maximum atomic E-state index is 6.06. The number of hydrogen-bond acceptors (Lipinski definition) is 6. The maximum Gasteiger partial charge on any atom is 0.319 e. The van der Waals surface area contributed by atoms with Crippen LogP contribution in [0.4, 0.5) is 6.01 Å². The van der Waals surface area contributed by atoms with Crippen molar-refractivity contribution in [1.82, 2.24) is 29.8 Å². The third kappa shape index (κ3) is 2.66. The summed E-state index contributed by atoms with van der Waals surface area (Å²) in [6.45, 7) is 5.19. The highest BCUT2D eigenvalue weighted by atomic mass is 16.4. The second-order valence-electron chi connectivity index (χ2n) is 8.33. The number of anilines is 1. The molecule has 8 nitrogen and oxygen atoms in total. The summed E-state index contributed by atoms with van der Waals surface area (Å²) >= 11 is 0. The number of rotatable bonds is 4. The minimum atomic E-state index is -0.155. The molecule has 4 aromatic heterocycles. The average molecular weight is 389 g/mol. The van der Waals surface area contributed by atoms with Gasteiger partial charge in [-0.2, -0.15) is 5.10 Å². The molecule has 0 bridgehead atoms. The number of H-pyrrole nitrogens is 1. The number of pyridine rings is 1. The smallest absolute Gasteiger partial charge is 0.319 e. The molecule has 1 fully saturated rings. The molecule has 29 heavy (non-hydrogen) atoms. The Morgan fingerprint density at radius 2 is 2.14 bits per heavy atom. The van der Waals surface area contributed by atoms with E-state index in [-0.39, 0.29) is 6.04 Å². The van der Waals surface area contributed by atoms with Crippen molar-refractivity contribution in [1.29, 1.82) is 0 Å². The number of imidazole rings is 1. The highest BCUT2D eigenvalue weighted by molar-refractivity contribution is 5.58. The third-order valence-corrected chi connectivity index (χ3v) is 5.98. The fourth-order valence-corrected chi connectivity index (χ4v) is 4.30. The Bertz CT molecular complexity index is 1180. The molecule has 8 heteroatoms. The minimum absolute atomic E-state index is 0.155. The van der Waals surface area contributed by atoms with Crippen LogP contribution in [0.15, 0.2) is 35.1 Å². The molecular formula is C21H23N7O. The molecule has 1 N–H and O–H groups in total. The quantitative estimate of drug-likeness (QED) is 0.574. The lowest BCUT2D eigenvalue weighted by Gasteiger charge is -2.32. The number of nitrogens with zero attached hydrogens (tertiary/aromatic N) is 6. The van der Waals surface area contributed by atoms with Crippen molar-refractivity contribution in [3.63, 3.8) is 0 Å². The van der Waals surface area contributed by atoms with Gasteiger partial charge < -0.3 is 14.3 Å². The van der Waals surface area contributed by atoms with E-state index < -0.39 is 0 Å². The van der Waals surface area contributed by atoms with E-state index in [1.165, 1.54) is 5.56 Å². The summed E-state index contributed by atoms with van der Waals surface area (Å²) in [5, 5.41) is 13.6. The zero-order valence-electron chi connectivity index (χ0n) is 16.5. The first-order valence-electron chi connectivity index (χ1n) is 10.3. The highest BCUT2D eigenvalue weighted by Gasteiger charge is 2.37. The van der Waals surface area contributed by atoms with E-state index in [0.29, 0.717) is 17.9 Å². The molecule has 0 spiro atoms. The van der Waals surface area contributed by atoms with E-state index in [9.17, 15) is 0 Å². The van der Waals surface area contributed by atoms with Crippen molar-refractivity contribution in [3.8, 4) is 0 Å². The van der Waals surface area contributed by atoms with Gasteiger partial charge in [0.15, 0.2) is 0 Å². The van der Waals surface area contributed by atoms with Gasteiger partial charge in [-0.15, -0.1) is 5.10 Å². The van der Waals surface area contributed by atoms with Gasteiger partial charge in [0.1, 0.15) is 6.04 Å². The largest absolute Gasteiger partial charge is 0.408 e. The van der Waals surface area contributed by atoms with Crippen LogP contribution in [-0.4, -0.2) is 36.3 Å². The average Bonchev–Trinajstić information content (AvgIpc) is 3.13. The summed E-state index contributed by atoms with van der Waals surface area (Å²) in [6, 6.07) is 6.81. The van der Waals surface area contributed by atoms with Crippen LogP contribution in [0.2, 0.25) is 0 Å². The Morgan fingerprint density at radius 1 is 1.24 bits per heavy atom. The number of fused-ring (bicyclic) bond motifs is 2. The van der Waals surface area contributed by atoms with Gasteiger partial charge in [-0.3, -0.25) is 0 Å². The van der Waals surface area contributed by atoms with Crippen LogP contribution in [0.5, 0.6) is 0 Å². The van der Waals surface area contributed by atoms with Gasteiger partial charge in [0.25, 0.3) is 0 Å².